The SMILES string of the molecule is COc1cc2c(cc1OC)CN(CCNC(=O)c1sc3ccccc3c1Cl)CC2. The zero-order chi connectivity index (χ0) is 20.4. The lowest BCUT2D eigenvalue weighted by Crippen LogP contribution is -2.37. The van der Waals surface area contributed by atoms with Crippen LogP contribution in [0.4, 0.5) is 0 Å². The number of hydrogen-bond acceptors (Lipinski definition) is 5. The third kappa shape index (κ3) is 4.06. The molecule has 0 fully saturated rings. The van der Waals surface area contributed by atoms with Gasteiger partial charge in [-0.25, -0.2) is 0 Å². The van der Waals surface area contributed by atoms with Crippen LogP contribution in [0.5, 0.6) is 11.5 Å². The van der Waals surface area contributed by atoms with E-state index < -0.39 is 0 Å². The first-order valence-electron chi connectivity index (χ1n) is 9.52. The maximum absolute atomic E-state index is 12.6. The molecule has 0 atom stereocenters. The molecule has 4 rings (SSSR count). The summed E-state index contributed by atoms with van der Waals surface area (Å²) in [4.78, 5) is 15.5. The standard InChI is InChI=1S/C22H23ClN2O3S/c1-27-17-11-14-7-9-25(13-15(14)12-18(17)28-2)10-8-24-22(26)21-20(23)16-5-3-4-6-19(16)29-21/h3-6,11-12H,7-10,13H2,1-2H3,(H,24,26). The third-order valence-corrected chi connectivity index (χ3v) is 6.93. The molecule has 152 valence electrons. The summed E-state index contributed by atoms with van der Waals surface area (Å²) in [6.07, 6.45) is 0.950. The molecule has 0 unspecified atom stereocenters. The molecule has 1 amide bonds. The summed E-state index contributed by atoms with van der Waals surface area (Å²) in [5, 5.41) is 4.48. The van der Waals surface area contributed by atoms with Crippen LogP contribution in [0.1, 0.15) is 20.8 Å². The fraction of sp³-hybridized carbons (Fsp3) is 0.318. The molecule has 0 spiro atoms. The summed E-state index contributed by atoms with van der Waals surface area (Å²) < 4.78 is 11.8. The monoisotopic (exact) mass is 430 g/mol. The Morgan fingerprint density at radius 3 is 2.62 bits per heavy atom. The van der Waals surface area contributed by atoms with Crippen molar-refractivity contribution in [3.63, 3.8) is 0 Å². The van der Waals surface area contributed by atoms with Gasteiger partial charge >= 0.3 is 0 Å². The highest BCUT2D eigenvalue weighted by Gasteiger charge is 2.20. The van der Waals surface area contributed by atoms with E-state index in [1.807, 2.05) is 24.3 Å². The number of hydrogen-bond donors (Lipinski definition) is 1. The van der Waals surface area contributed by atoms with Crippen LogP contribution in [0, 0.1) is 0 Å². The number of amides is 1. The van der Waals surface area contributed by atoms with Crippen molar-refractivity contribution in [2.75, 3.05) is 33.9 Å². The third-order valence-electron chi connectivity index (χ3n) is 5.25. The fourth-order valence-corrected chi connectivity index (χ4v) is 5.13. The van der Waals surface area contributed by atoms with Gasteiger partial charge in [0.2, 0.25) is 0 Å². The topological polar surface area (TPSA) is 50.8 Å². The van der Waals surface area contributed by atoms with E-state index in [0.717, 1.165) is 47.6 Å². The minimum absolute atomic E-state index is 0.111. The number of thiophene rings is 1. The highest BCUT2D eigenvalue weighted by Crippen LogP contribution is 2.35. The highest BCUT2D eigenvalue weighted by molar-refractivity contribution is 7.21. The van der Waals surface area contributed by atoms with Gasteiger partial charge in [0.05, 0.1) is 19.2 Å². The molecular weight excluding hydrogens is 408 g/mol. The Balaban J connectivity index is 1.36. The van der Waals surface area contributed by atoms with Gasteiger partial charge in [-0.1, -0.05) is 29.8 Å². The van der Waals surface area contributed by atoms with Crippen molar-refractivity contribution in [1.82, 2.24) is 10.2 Å². The highest BCUT2D eigenvalue weighted by atomic mass is 35.5. The average Bonchev–Trinajstić information content (AvgIpc) is 3.09. The van der Waals surface area contributed by atoms with E-state index in [1.54, 1.807) is 14.2 Å². The molecule has 3 aromatic rings. The summed E-state index contributed by atoms with van der Waals surface area (Å²) >= 11 is 7.84. The summed E-state index contributed by atoms with van der Waals surface area (Å²) in [6, 6.07) is 11.9. The molecule has 1 aliphatic rings. The number of carbonyl (C=O) groups is 1. The van der Waals surface area contributed by atoms with E-state index in [4.69, 9.17) is 21.1 Å². The number of halogens is 1. The van der Waals surface area contributed by atoms with Crippen molar-refractivity contribution in [2.24, 2.45) is 0 Å². The number of ether oxygens (including phenoxy) is 2. The van der Waals surface area contributed by atoms with Crippen LogP contribution in [-0.4, -0.2) is 44.7 Å². The molecule has 1 N–H and O–H groups in total. The van der Waals surface area contributed by atoms with Gasteiger partial charge in [-0.05, 0) is 35.7 Å². The molecule has 1 aliphatic heterocycles. The van der Waals surface area contributed by atoms with Crippen molar-refractivity contribution >= 4 is 38.9 Å². The Hall–Kier alpha value is -2.28. The van der Waals surface area contributed by atoms with E-state index >= 15 is 0 Å². The van der Waals surface area contributed by atoms with Gasteiger partial charge in [-0.15, -0.1) is 11.3 Å². The molecular formula is C22H23ClN2O3S. The van der Waals surface area contributed by atoms with Gasteiger partial charge < -0.3 is 14.8 Å². The number of rotatable bonds is 6. The van der Waals surface area contributed by atoms with Crippen LogP contribution in [-0.2, 0) is 13.0 Å². The molecule has 29 heavy (non-hydrogen) atoms. The molecule has 0 saturated carbocycles. The van der Waals surface area contributed by atoms with Crippen molar-refractivity contribution in [1.29, 1.82) is 0 Å². The number of nitrogens with zero attached hydrogens (tertiary/aromatic N) is 1. The Labute approximate surface area is 179 Å². The van der Waals surface area contributed by atoms with E-state index in [9.17, 15) is 4.79 Å². The molecule has 0 radical (unpaired) electrons. The maximum Gasteiger partial charge on any atom is 0.262 e. The first-order valence-corrected chi connectivity index (χ1v) is 10.7. The fourth-order valence-electron chi connectivity index (χ4n) is 3.70. The number of nitrogens with one attached hydrogen (secondary N) is 1. The largest absolute Gasteiger partial charge is 0.493 e. The van der Waals surface area contributed by atoms with Crippen LogP contribution in [0.15, 0.2) is 36.4 Å². The summed E-state index contributed by atoms with van der Waals surface area (Å²) in [5.41, 5.74) is 2.53. The quantitative estimate of drug-likeness (QED) is 0.631. The zero-order valence-corrected chi connectivity index (χ0v) is 18.0. The Morgan fingerprint density at radius 2 is 1.90 bits per heavy atom. The van der Waals surface area contributed by atoms with Crippen LogP contribution in [0.25, 0.3) is 10.1 Å². The first-order chi connectivity index (χ1) is 14.1. The van der Waals surface area contributed by atoms with E-state index in [0.29, 0.717) is 16.4 Å². The van der Waals surface area contributed by atoms with Crippen molar-refractivity contribution in [3.05, 3.63) is 57.4 Å². The molecule has 2 heterocycles. The molecule has 0 saturated heterocycles. The van der Waals surface area contributed by atoms with Crippen LogP contribution in [0.2, 0.25) is 5.02 Å². The molecule has 0 aliphatic carbocycles. The smallest absolute Gasteiger partial charge is 0.262 e. The second kappa shape index (κ2) is 8.61. The predicted octanol–water partition coefficient (Wildman–Crippen LogP) is 4.36. The van der Waals surface area contributed by atoms with Crippen molar-refractivity contribution in [3.8, 4) is 11.5 Å². The normalized spacial score (nSPS) is 13.9. The summed E-state index contributed by atoms with van der Waals surface area (Å²) in [7, 11) is 3.31. The maximum atomic E-state index is 12.6. The van der Waals surface area contributed by atoms with Gasteiger partial charge in [0, 0.05) is 36.3 Å². The second-order valence-electron chi connectivity index (χ2n) is 7.00. The molecule has 7 heteroatoms. The van der Waals surface area contributed by atoms with Gasteiger partial charge in [0.1, 0.15) is 4.88 Å². The lowest BCUT2D eigenvalue weighted by atomic mass is 9.99. The summed E-state index contributed by atoms with van der Waals surface area (Å²) in [5.74, 6) is 1.41. The van der Waals surface area contributed by atoms with Crippen molar-refractivity contribution in [2.45, 2.75) is 13.0 Å². The van der Waals surface area contributed by atoms with Crippen LogP contribution >= 0.6 is 22.9 Å². The lowest BCUT2D eigenvalue weighted by molar-refractivity contribution is 0.0951. The van der Waals surface area contributed by atoms with Crippen LogP contribution < -0.4 is 14.8 Å². The minimum Gasteiger partial charge on any atom is -0.493 e. The Kier molecular flexibility index (Phi) is 5.94. The number of benzene rings is 2. The Bertz CT molecular complexity index is 1050. The second-order valence-corrected chi connectivity index (χ2v) is 8.43. The average molecular weight is 431 g/mol. The predicted molar refractivity (Wildman–Crippen MR) is 118 cm³/mol. The van der Waals surface area contributed by atoms with Crippen LogP contribution in [0.3, 0.4) is 0 Å². The number of carbonyl (C=O) groups excluding carboxylic acids is 1. The number of methoxy groups -OCH3 is 2. The Morgan fingerprint density at radius 1 is 1.17 bits per heavy atom. The molecule has 0 bridgehead atoms. The first kappa shape index (κ1) is 20.0. The van der Waals surface area contributed by atoms with Gasteiger partial charge in [-0.3, -0.25) is 9.69 Å². The molecule has 1 aromatic heterocycles. The van der Waals surface area contributed by atoms with E-state index in [1.165, 1.54) is 22.5 Å². The molecule has 2 aromatic carbocycles. The molecule has 5 nitrogen and oxygen atoms in total. The number of fused-ring (bicyclic) bond motifs is 2. The minimum atomic E-state index is -0.111. The van der Waals surface area contributed by atoms with E-state index in [2.05, 4.69) is 22.3 Å². The summed E-state index contributed by atoms with van der Waals surface area (Å²) in [6.45, 7) is 3.13. The van der Waals surface area contributed by atoms with Gasteiger partial charge in [0.15, 0.2) is 11.5 Å². The van der Waals surface area contributed by atoms with E-state index in [-0.39, 0.29) is 5.91 Å². The van der Waals surface area contributed by atoms with Gasteiger partial charge in [0.25, 0.3) is 5.91 Å². The zero-order valence-electron chi connectivity index (χ0n) is 16.5. The van der Waals surface area contributed by atoms with Gasteiger partial charge in [-0.2, -0.15) is 0 Å². The van der Waals surface area contributed by atoms with Crippen molar-refractivity contribution < 1.29 is 14.3 Å². The lowest BCUT2D eigenvalue weighted by Gasteiger charge is -2.29.